The molecule has 0 aliphatic heterocycles. The van der Waals surface area contributed by atoms with Gasteiger partial charge in [-0.15, -0.1) is 11.8 Å². The van der Waals surface area contributed by atoms with Gasteiger partial charge in [-0.2, -0.15) is 0 Å². The zero-order valence-electron chi connectivity index (χ0n) is 13.3. The van der Waals surface area contributed by atoms with Gasteiger partial charge in [0.25, 0.3) is 5.91 Å². The third kappa shape index (κ3) is 3.97. The highest BCUT2D eigenvalue weighted by Gasteiger charge is 2.18. The average Bonchev–Trinajstić information content (AvgIpc) is 3.10. The molecule has 24 heavy (non-hydrogen) atoms. The van der Waals surface area contributed by atoms with Crippen molar-refractivity contribution in [1.29, 1.82) is 0 Å². The van der Waals surface area contributed by atoms with Crippen molar-refractivity contribution in [1.82, 2.24) is 0 Å². The van der Waals surface area contributed by atoms with Gasteiger partial charge in [-0.25, -0.2) is 0 Å². The second-order valence-electron chi connectivity index (χ2n) is 5.92. The van der Waals surface area contributed by atoms with Crippen LogP contribution in [0.25, 0.3) is 0 Å². The molecule has 4 nitrogen and oxygen atoms in total. The SMILES string of the molecule is NC(=O)c1ccc(C(=O)Nc2ccccc2SC2CCCC2)cc1. The number of primary amides is 1. The second kappa shape index (κ2) is 7.53. The molecule has 1 saturated carbocycles. The Morgan fingerprint density at radius 2 is 1.58 bits per heavy atom. The molecule has 0 radical (unpaired) electrons. The minimum Gasteiger partial charge on any atom is -0.366 e. The van der Waals surface area contributed by atoms with E-state index in [9.17, 15) is 9.59 Å². The van der Waals surface area contributed by atoms with E-state index in [0.29, 0.717) is 16.4 Å². The maximum atomic E-state index is 12.4. The Labute approximate surface area is 145 Å². The summed E-state index contributed by atoms with van der Waals surface area (Å²) in [7, 11) is 0. The number of nitrogens with two attached hydrogens (primary N) is 1. The van der Waals surface area contributed by atoms with Gasteiger partial charge in [0.15, 0.2) is 0 Å². The minimum atomic E-state index is -0.500. The lowest BCUT2D eigenvalue weighted by atomic mass is 10.1. The average molecular weight is 340 g/mol. The van der Waals surface area contributed by atoms with Crippen molar-refractivity contribution in [3.63, 3.8) is 0 Å². The van der Waals surface area contributed by atoms with Crippen molar-refractivity contribution < 1.29 is 9.59 Å². The molecule has 124 valence electrons. The normalized spacial score (nSPS) is 14.5. The predicted octanol–water partition coefficient (Wildman–Crippen LogP) is 4.07. The number of hydrogen-bond donors (Lipinski definition) is 2. The topological polar surface area (TPSA) is 72.2 Å². The Bertz CT molecular complexity index is 737. The van der Waals surface area contributed by atoms with E-state index in [1.54, 1.807) is 24.3 Å². The van der Waals surface area contributed by atoms with Crippen LogP contribution in [0.15, 0.2) is 53.4 Å². The molecule has 0 heterocycles. The molecule has 5 heteroatoms. The molecule has 3 rings (SSSR count). The quantitative estimate of drug-likeness (QED) is 0.861. The molecule has 0 saturated heterocycles. The highest BCUT2D eigenvalue weighted by Crippen LogP contribution is 2.38. The molecule has 2 amide bonds. The van der Waals surface area contributed by atoms with E-state index in [2.05, 4.69) is 11.4 Å². The van der Waals surface area contributed by atoms with Crippen LogP contribution < -0.4 is 11.1 Å². The summed E-state index contributed by atoms with van der Waals surface area (Å²) in [6.07, 6.45) is 5.06. The molecule has 0 aromatic heterocycles. The summed E-state index contributed by atoms with van der Waals surface area (Å²) in [5.74, 6) is -0.689. The molecule has 3 N–H and O–H groups in total. The van der Waals surface area contributed by atoms with Crippen molar-refractivity contribution in [2.24, 2.45) is 5.73 Å². The molecule has 0 unspecified atom stereocenters. The fraction of sp³-hybridized carbons (Fsp3) is 0.263. The summed E-state index contributed by atoms with van der Waals surface area (Å²) in [6.45, 7) is 0. The van der Waals surface area contributed by atoms with Gasteiger partial charge >= 0.3 is 0 Å². The fourth-order valence-corrected chi connectivity index (χ4v) is 4.17. The van der Waals surface area contributed by atoms with Crippen LogP contribution in [-0.4, -0.2) is 17.1 Å². The highest BCUT2D eigenvalue weighted by atomic mass is 32.2. The van der Waals surface area contributed by atoms with Gasteiger partial charge in [-0.1, -0.05) is 25.0 Å². The molecule has 0 bridgehead atoms. The maximum absolute atomic E-state index is 12.4. The van der Waals surface area contributed by atoms with Gasteiger partial charge in [0.2, 0.25) is 5.91 Å². The van der Waals surface area contributed by atoms with Gasteiger partial charge in [-0.3, -0.25) is 9.59 Å². The summed E-state index contributed by atoms with van der Waals surface area (Å²) in [5, 5.41) is 3.61. The van der Waals surface area contributed by atoms with Crippen molar-refractivity contribution in [2.45, 2.75) is 35.8 Å². The summed E-state index contributed by atoms with van der Waals surface area (Å²) >= 11 is 1.85. The highest BCUT2D eigenvalue weighted by molar-refractivity contribution is 8.00. The Morgan fingerprint density at radius 1 is 0.958 bits per heavy atom. The largest absolute Gasteiger partial charge is 0.366 e. The monoisotopic (exact) mass is 340 g/mol. The standard InChI is InChI=1S/C19H20N2O2S/c20-18(22)13-9-11-14(12-10-13)19(23)21-16-7-3-4-8-17(16)24-15-5-1-2-6-15/h3-4,7-12,15H,1-2,5-6H2,(H2,20,22)(H,21,23). The third-order valence-electron chi connectivity index (χ3n) is 4.16. The number of carbonyl (C=O) groups is 2. The lowest BCUT2D eigenvalue weighted by Gasteiger charge is -2.14. The number of nitrogens with one attached hydrogen (secondary N) is 1. The number of amides is 2. The number of thioether (sulfide) groups is 1. The van der Waals surface area contributed by atoms with E-state index >= 15 is 0 Å². The van der Waals surface area contributed by atoms with Gasteiger partial charge in [0, 0.05) is 21.3 Å². The van der Waals surface area contributed by atoms with Gasteiger partial charge < -0.3 is 11.1 Å². The molecular weight excluding hydrogens is 320 g/mol. The Hall–Kier alpha value is -2.27. The summed E-state index contributed by atoms with van der Waals surface area (Å²) in [5.41, 5.74) is 6.94. The van der Waals surface area contributed by atoms with Gasteiger partial charge in [-0.05, 0) is 49.2 Å². The Balaban J connectivity index is 1.72. The van der Waals surface area contributed by atoms with Gasteiger partial charge in [0.05, 0.1) is 5.69 Å². The first-order chi connectivity index (χ1) is 11.6. The van der Waals surface area contributed by atoms with Crippen molar-refractivity contribution in [3.8, 4) is 0 Å². The van der Waals surface area contributed by atoms with Crippen LogP contribution in [0.1, 0.15) is 46.4 Å². The van der Waals surface area contributed by atoms with E-state index in [-0.39, 0.29) is 5.91 Å². The lowest BCUT2D eigenvalue weighted by Crippen LogP contribution is -2.14. The van der Waals surface area contributed by atoms with Crippen LogP contribution in [0.3, 0.4) is 0 Å². The number of para-hydroxylation sites is 1. The van der Waals surface area contributed by atoms with Crippen LogP contribution in [0.2, 0.25) is 0 Å². The number of anilines is 1. The van der Waals surface area contributed by atoms with Crippen LogP contribution in [0.5, 0.6) is 0 Å². The first-order valence-electron chi connectivity index (χ1n) is 8.10. The second-order valence-corrected chi connectivity index (χ2v) is 7.26. The first kappa shape index (κ1) is 16.6. The van der Waals surface area contributed by atoms with E-state index in [4.69, 9.17) is 5.73 Å². The van der Waals surface area contributed by atoms with Crippen LogP contribution in [-0.2, 0) is 0 Å². The van der Waals surface area contributed by atoms with Crippen LogP contribution in [0.4, 0.5) is 5.69 Å². The summed E-state index contributed by atoms with van der Waals surface area (Å²) in [4.78, 5) is 24.7. The molecule has 0 spiro atoms. The zero-order chi connectivity index (χ0) is 16.9. The lowest BCUT2D eigenvalue weighted by molar-refractivity contribution is 0.0995. The molecule has 1 aliphatic rings. The molecule has 0 atom stereocenters. The maximum Gasteiger partial charge on any atom is 0.255 e. The number of hydrogen-bond acceptors (Lipinski definition) is 3. The van der Waals surface area contributed by atoms with E-state index in [1.165, 1.54) is 25.7 Å². The number of benzene rings is 2. The van der Waals surface area contributed by atoms with E-state index < -0.39 is 5.91 Å². The molecular formula is C19H20N2O2S. The Kier molecular flexibility index (Phi) is 5.20. The summed E-state index contributed by atoms with van der Waals surface area (Å²) in [6, 6.07) is 14.2. The fourth-order valence-electron chi connectivity index (χ4n) is 2.84. The van der Waals surface area contributed by atoms with Crippen molar-refractivity contribution in [3.05, 3.63) is 59.7 Å². The number of carbonyl (C=O) groups excluding carboxylic acids is 2. The molecule has 2 aromatic carbocycles. The molecule has 2 aromatic rings. The smallest absolute Gasteiger partial charge is 0.255 e. The van der Waals surface area contributed by atoms with Gasteiger partial charge in [0.1, 0.15) is 0 Å². The number of rotatable bonds is 5. The molecule has 1 fully saturated rings. The Morgan fingerprint density at radius 3 is 2.25 bits per heavy atom. The van der Waals surface area contributed by atoms with E-state index in [1.807, 2.05) is 30.0 Å². The minimum absolute atomic E-state index is 0.189. The van der Waals surface area contributed by atoms with Crippen molar-refractivity contribution >= 4 is 29.3 Å². The summed E-state index contributed by atoms with van der Waals surface area (Å²) < 4.78 is 0. The molecule has 1 aliphatic carbocycles. The zero-order valence-corrected chi connectivity index (χ0v) is 14.1. The third-order valence-corrected chi connectivity index (χ3v) is 5.58. The van der Waals surface area contributed by atoms with E-state index in [0.717, 1.165) is 10.6 Å². The van der Waals surface area contributed by atoms with Crippen LogP contribution in [0, 0.1) is 0 Å². The first-order valence-corrected chi connectivity index (χ1v) is 8.98. The predicted molar refractivity (Wildman–Crippen MR) is 97.5 cm³/mol. The van der Waals surface area contributed by atoms with Crippen molar-refractivity contribution in [2.75, 3.05) is 5.32 Å². The van der Waals surface area contributed by atoms with Crippen LogP contribution >= 0.6 is 11.8 Å².